The van der Waals surface area contributed by atoms with Gasteiger partial charge >= 0.3 is 0 Å². The van der Waals surface area contributed by atoms with Gasteiger partial charge in [-0.15, -0.1) is 0 Å². The molecule has 1 N–H and O–H groups in total. The van der Waals surface area contributed by atoms with Gasteiger partial charge < -0.3 is 15.1 Å². The van der Waals surface area contributed by atoms with Gasteiger partial charge in [-0.3, -0.25) is 4.79 Å². The number of nitrogens with zero attached hydrogens (tertiary/aromatic N) is 2. The molecule has 0 atom stereocenters. The van der Waals surface area contributed by atoms with Gasteiger partial charge in [0, 0.05) is 49.7 Å². The molecule has 4 nitrogen and oxygen atoms in total. The number of hydrogen-bond acceptors (Lipinski definition) is 3. The second kappa shape index (κ2) is 8.82. The number of carbonyl (C=O) groups excluding carboxylic acids is 1. The van der Waals surface area contributed by atoms with Gasteiger partial charge in [-0.05, 0) is 48.9 Å². The summed E-state index contributed by atoms with van der Waals surface area (Å²) in [6, 6.07) is 26.7. The van der Waals surface area contributed by atoms with Crippen LogP contribution >= 0.6 is 0 Å². The highest BCUT2D eigenvalue weighted by Crippen LogP contribution is 2.18. The fraction of sp³-hybridized carbons (Fsp3) is 0.240. The van der Waals surface area contributed by atoms with Crippen LogP contribution in [0.5, 0.6) is 0 Å². The van der Waals surface area contributed by atoms with Crippen molar-refractivity contribution in [1.82, 2.24) is 4.90 Å². The highest BCUT2D eigenvalue weighted by atomic mass is 16.2. The SMILES string of the molecule is Cc1ccc(CNc2ccc(C(=O)N3CCN(c4ccccc4)CC3)cc2)cc1. The molecule has 0 unspecified atom stereocenters. The van der Waals surface area contributed by atoms with Crippen molar-refractivity contribution in [3.63, 3.8) is 0 Å². The van der Waals surface area contributed by atoms with Gasteiger partial charge in [0.2, 0.25) is 0 Å². The number of benzene rings is 3. The Kier molecular flexibility index (Phi) is 5.80. The molecule has 148 valence electrons. The lowest BCUT2D eigenvalue weighted by molar-refractivity contribution is 0.0747. The van der Waals surface area contributed by atoms with Crippen molar-refractivity contribution >= 4 is 17.3 Å². The van der Waals surface area contributed by atoms with Crippen LogP contribution in [0.1, 0.15) is 21.5 Å². The lowest BCUT2D eigenvalue weighted by Crippen LogP contribution is -2.48. The van der Waals surface area contributed by atoms with E-state index < -0.39 is 0 Å². The molecule has 1 amide bonds. The van der Waals surface area contributed by atoms with Crippen molar-refractivity contribution in [3.8, 4) is 0 Å². The van der Waals surface area contributed by atoms with E-state index in [0.29, 0.717) is 0 Å². The summed E-state index contributed by atoms with van der Waals surface area (Å²) in [5, 5.41) is 3.42. The highest BCUT2D eigenvalue weighted by molar-refractivity contribution is 5.94. The number of aryl methyl sites for hydroxylation is 1. The first-order chi connectivity index (χ1) is 14.2. The molecular formula is C25H27N3O. The van der Waals surface area contributed by atoms with E-state index >= 15 is 0 Å². The fourth-order valence-corrected chi connectivity index (χ4v) is 3.63. The number of anilines is 2. The Balaban J connectivity index is 1.31. The predicted molar refractivity (Wildman–Crippen MR) is 120 cm³/mol. The molecule has 1 aliphatic heterocycles. The molecular weight excluding hydrogens is 358 g/mol. The lowest BCUT2D eigenvalue weighted by Gasteiger charge is -2.36. The summed E-state index contributed by atoms with van der Waals surface area (Å²) in [4.78, 5) is 17.1. The van der Waals surface area contributed by atoms with E-state index in [2.05, 4.69) is 65.7 Å². The number of carbonyl (C=O) groups is 1. The Hall–Kier alpha value is -3.27. The van der Waals surface area contributed by atoms with Crippen LogP contribution < -0.4 is 10.2 Å². The second-order valence-corrected chi connectivity index (χ2v) is 7.53. The molecule has 1 aliphatic rings. The summed E-state index contributed by atoms with van der Waals surface area (Å²) >= 11 is 0. The van der Waals surface area contributed by atoms with E-state index in [1.165, 1.54) is 16.8 Å². The summed E-state index contributed by atoms with van der Waals surface area (Å²) in [5.41, 5.74) is 5.51. The Labute approximate surface area is 172 Å². The molecule has 0 spiro atoms. The molecule has 0 aromatic heterocycles. The van der Waals surface area contributed by atoms with Crippen LogP contribution in [-0.4, -0.2) is 37.0 Å². The summed E-state index contributed by atoms with van der Waals surface area (Å²) in [6.45, 7) is 6.10. The van der Waals surface area contributed by atoms with E-state index in [1.807, 2.05) is 35.2 Å². The van der Waals surface area contributed by atoms with Crippen LogP contribution in [0.4, 0.5) is 11.4 Å². The third kappa shape index (κ3) is 4.77. The first kappa shape index (κ1) is 19.1. The maximum atomic E-state index is 12.9. The predicted octanol–water partition coefficient (Wildman–Crippen LogP) is 4.57. The smallest absolute Gasteiger partial charge is 0.253 e. The largest absolute Gasteiger partial charge is 0.381 e. The molecule has 1 fully saturated rings. The van der Waals surface area contributed by atoms with Crippen molar-refractivity contribution in [1.29, 1.82) is 0 Å². The minimum absolute atomic E-state index is 0.114. The van der Waals surface area contributed by atoms with Crippen LogP contribution in [0, 0.1) is 6.92 Å². The van der Waals surface area contributed by atoms with Crippen LogP contribution in [-0.2, 0) is 6.54 Å². The van der Waals surface area contributed by atoms with E-state index in [1.54, 1.807) is 0 Å². The van der Waals surface area contributed by atoms with Gasteiger partial charge in [0.05, 0.1) is 0 Å². The van der Waals surface area contributed by atoms with Crippen LogP contribution in [0.25, 0.3) is 0 Å². The Morgan fingerprint density at radius 2 is 1.48 bits per heavy atom. The maximum absolute atomic E-state index is 12.9. The van der Waals surface area contributed by atoms with Gasteiger partial charge in [-0.1, -0.05) is 48.0 Å². The maximum Gasteiger partial charge on any atom is 0.253 e. The zero-order chi connectivity index (χ0) is 20.1. The molecule has 0 bridgehead atoms. The Bertz CT molecular complexity index is 928. The average Bonchev–Trinajstić information content (AvgIpc) is 2.79. The van der Waals surface area contributed by atoms with E-state index in [4.69, 9.17) is 0 Å². The molecule has 0 aliphatic carbocycles. The highest BCUT2D eigenvalue weighted by Gasteiger charge is 2.22. The van der Waals surface area contributed by atoms with E-state index in [9.17, 15) is 4.79 Å². The van der Waals surface area contributed by atoms with Gasteiger partial charge in [-0.25, -0.2) is 0 Å². The van der Waals surface area contributed by atoms with Crippen LogP contribution in [0.3, 0.4) is 0 Å². The fourth-order valence-electron chi connectivity index (χ4n) is 3.63. The number of hydrogen-bond donors (Lipinski definition) is 1. The standard InChI is InChI=1S/C25H27N3O/c1-20-7-9-21(10-8-20)19-26-23-13-11-22(12-14-23)25(29)28-17-15-27(16-18-28)24-5-3-2-4-6-24/h2-14,26H,15-19H2,1H3. The minimum Gasteiger partial charge on any atom is -0.381 e. The Morgan fingerprint density at radius 3 is 2.14 bits per heavy atom. The molecule has 3 aromatic carbocycles. The number of para-hydroxylation sites is 1. The van der Waals surface area contributed by atoms with Crippen LogP contribution in [0.15, 0.2) is 78.9 Å². The lowest BCUT2D eigenvalue weighted by atomic mass is 10.1. The quantitative estimate of drug-likeness (QED) is 0.699. The molecule has 0 saturated carbocycles. The first-order valence-corrected chi connectivity index (χ1v) is 10.2. The van der Waals surface area contributed by atoms with Gasteiger partial charge in [0.1, 0.15) is 0 Å². The minimum atomic E-state index is 0.114. The number of amides is 1. The molecule has 29 heavy (non-hydrogen) atoms. The third-order valence-corrected chi connectivity index (χ3v) is 5.44. The number of piperazine rings is 1. The summed E-state index contributed by atoms with van der Waals surface area (Å²) < 4.78 is 0. The third-order valence-electron chi connectivity index (χ3n) is 5.44. The van der Waals surface area contributed by atoms with Gasteiger partial charge in [0.15, 0.2) is 0 Å². The molecule has 4 rings (SSSR count). The van der Waals surface area contributed by atoms with Gasteiger partial charge in [-0.2, -0.15) is 0 Å². The zero-order valence-electron chi connectivity index (χ0n) is 16.8. The first-order valence-electron chi connectivity index (χ1n) is 10.2. The number of nitrogens with one attached hydrogen (secondary N) is 1. The summed E-state index contributed by atoms with van der Waals surface area (Å²) in [5.74, 6) is 0.114. The van der Waals surface area contributed by atoms with Crippen molar-refractivity contribution in [3.05, 3.63) is 95.6 Å². The zero-order valence-corrected chi connectivity index (χ0v) is 16.8. The summed E-state index contributed by atoms with van der Waals surface area (Å²) in [7, 11) is 0. The van der Waals surface area contributed by atoms with Gasteiger partial charge in [0.25, 0.3) is 5.91 Å². The monoisotopic (exact) mass is 385 g/mol. The van der Waals surface area contributed by atoms with E-state index in [0.717, 1.165) is 44.0 Å². The molecule has 3 aromatic rings. The average molecular weight is 386 g/mol. The Morgan fingerprint density at radius 1 is 0.828 bits per heavy atom. The molecule has 1 saturated heterocycles. The molecule has 4 heteroatoms. The second-order valence-electron chi connectivity index (χ2n) is 7.53. The van der Waals surface area contributed by atoms with Crippen molar-refractivity contribution in [2.24, 2.45) is 0 Å². The number of rotatable bonds is 5. The molecule has 0 radical (unpaired) electrons. The summed E-state index contributed by atoms with van der Waals surface area (Å²) in [6.07, 6.45) is 0. The molecule has 1 heterocycles. The topological polar surface area (TPSA) is 35.6 Å². The van der Waals surface area contributed by atoms with E-state index in [-0.39, 0.29) is 5.91 Å². The van der Waals surface area contributed by atoms with Crippen LogP contribution in [0.2, 0.25) is 0 Å². The normalized spacial score (nSPS) is 14.0. The van der Waals surface area contributed by atoms with Crippen molar-refractivity contribution in [2.45, 2.75) is 13.5 Å². The van der Waals surface area contributed by atoms with Crippen molar-refractivity contribution in [2.75, 3.05) is 36.4 Å². The van der Waals surface area contributed by atoms with Crippen molar-refractivity contribution < 1.29 is 4.79 Å².